The summed E-state index contributed by atoms with van der Waals surface area (Å²) >= 11 is 4.04. The maximum absolute atomic E-state index is 13.7. The topological polar surface area (TPSA) is 343 Å². The molecule has 12 N–H and O–H groups in total. The Morgan fingerprint density at radius 1 is 1.22 bits per heavy atom. The van der Waals surface area contributed by atoms with Gasteiger partial charge in [0.15, 0.2) is 22.7 Å². The minimum Gasteiger partial charge on any atom is -0.480 e. The van der Waals surface area contributed by atoms with Gasteiger partial charge in [-0.1, -0.05) is 16.9 Å². The van der Waals surface area contributed by atoms with Crippen LogP contribution >= 0.6 is 54.1 Å². The van der Waals surface area contributed by atoms with Crippen LogP contribution in [0.15, 0.2) is 55.0 Å². The number of carbonyl (C=O) groups is 4. The van der Waals surface area contributed by atoms with Gasteiger partial charge in [0.1, 0.15) is 36.8 Å². The summed E-state index contributed by atoms with van der Waals surface area (Å²) in [6.45, 7) is 1.55. The van der Waals surface area contributed by atoms with E-state index in [0.29, 0.717) is 26.5 Å². The molecule has 55 heavy (non-hydrogen) atoms. The number of nitrogens with two attached hydrogens (primary N) is 2. The molecule has 3 atom stereocenters. The lowest BCUT2D eigenvalue weighted by atomic mass is 10.2. The first-order valence-electron chi connectivity index (χ1n) is 15.8. The van der Waals surface area contributed by atoms with Gasteiger partial charge >= 0.3 is 19.7 Å². The first kappa shape index (κ1) is 43.0. The molecule has 0 aliphatic carbocycles. The number of aromatic nitrogens is 4. The Hall–Kier alpha value is -4.69. The summed E-state index contributed by atoms with van der Waals surface area (Å²) in [6, 6.07) is 1.09. The number of nitrogens with zero attached hydrogens (tertiary/aromatic N) is 6. The molecule has 1 aliphatic rings. The number of carbonyl (C=O) groups excluding carboxylic acids is 2. The number of thiazole rings is 1. The fourth-order valence-corrected chi connectivity index (χ4v) is 8.87. The summed E-state index contributed by atoms with van der Waals surface area (Å²) < 4.78 is 17.8. The standard InChI is InChI=1S/C28H35N12O10PS4/c1-3-50-37-18(20-35-27(55-39-20)38-51(47,48)49)21(41)33-19(22(42)36-26(30)31-8-4-5-14(29)24(43)44)23-34-17(25(45)46)16(12-52-23)54-28-32-15(11-53-28)13-6-9-40(2)10-7-13/h6-7,9-11,14,19,23,34H,3-5,8,12,29H2,1-2H3,(H8-,30,31,33,35,36,38,39,41,42,43,44,45,46,47,48,49)/p+1/b37-18+. The Bertz CT molecular complexity index is 2020. The first-order chi connectivity index (χ1) is 26.0. The molecule has 0 bridgehead atoms. The molecule has 22 nitrogen and oxygen atoms in total. The van der Waals surface area contributed by atoms with Crippen LogP contribution in [0.1, 0.15) is 25.6 Å². The highest BCUT2D eigenvalue weighted by atomic mass is 32.2. The summed E-state index contributed by atoms with van der Waals surface area (Å²) in [5.74, 6) is -5.28. The third kappa shape index (κ3) is 13.0. The maximum Gasteiger partial charge on any atom is 0.429 e. The lowest BCUT2D eigenvalue weighted by molar-refractivity contribution is -0.671. The van der Waals surface area contributed by atoms with Crippen LogP contribution in [-0.2, 0) is 35.6 Å². The van der Waals surface area contributed by atoms with E-state index in [9.17, 15) is 38.6 Å². The highest BCUT2D eigenvalue weighted by molar-refractivity contribution is 8.07. The number of anilines is 1. The number of aliphatic imine (C=N–C) groups is 1. The Kier molecular flexibility index (Phi) is 15.5. The van der Waals surface area contributed by atoms with E-state index in [2.05, 4.69) is 40.4 Å². The van der Waals surface area contributed by atoms with E-state index in [1.807, 2.05) is 46.6 Å². The number of aryl methyl sites for hydroxylation is 1. The zero-order chi connectivity index (χ0) is 40.3. The van der Waals surface area contributed by atoms with Gasteiger partial charge in [0.2, 0.25) is 16.7 Å². The lowest BCUT2D eigenvalue weighted by Gasteiger charge is -2.32. The van der Waals surface area contributed by atoms with Gasteiger partial charge in [-0.3, -0.25) is 29.8 Å². The molecule has 0 radical (unpaired) electrons. The molecule has 0 spiro atoms. The lowest BCUT2D eigenvalue weighted by Crippen LogP contribution is -2.60. The number of aliphatic carboxylic acids is 2. The Morgan fingerprint density at radius 2 is 1.95 bits per heavy atom. The molecule has 296 valence electrons. The SMILES string of the molecule is CCO/N=C(/C(=O)NC(C(=O)NC(N)=NCCCC(N)C(=O)O)C1NC(C(=O)O)=C(Sc2nc(-c3cc[n+](C)cc3)cs2)CS1)c1nsc(NP(=O)(O)O)n1. The number of nitrogens with one attached hydrogen (secondary N) is 4. The molecule has 1 aliphatic heterocycles. The smallest absolute Gasteiger partial charge is 0.429 e. The number of hydrogen-bond acceptors (Lipinski definition) is 17. The molecule has 2 amide bonds. The third-order valence-electron chi connectivity index (χ3n) is 6.92. The van der Waals surface area contributed by atoms with E-state index in [0.717, 1.165) is 29.1 Å². The van der Waals surface area contributed by atoms with Gasteiger partial charge in [-0.05, 0) is 19.8 Å². The predicted octanol–water partition coefficient (Wildman–Crippen LogP) is -0.410. The fraction of sp³-hybridized carbons (Fsp3) is 0.357. The molecule has 0 aromatic carbocycles. The molecular weight excluding hydrogens is 824 g/mol. The second-order valence-electron chi connectivity index (χ2n) is 11.1. The molecule has 0 saturated carbocycles. The van der Waals surface area contributed by atoms with Crippen LogP contribution in [0.25, 0.3) is 11.3 Å². The molecule has 0 saturated heterocycles. The number of oxime groups is 1. The number of carboxylic acid groups (broad SMARTS) is 2. The van der Waals surface area contributed by atoms with Crippen LogP contribution in [-0.4, -0.2) is 106 Å². The van der Waals surface area contributed by atoms with E-state index < -0.39 is 60.5 Å². The maximum atomic E-state index is 13.7. The van der Waals surface area contributed by atoms with Crippen molar-refractivity contribution in [3.05, 3.63) is 46.3 Å². The number of carboxylic acids is 2. The summed E-state index contributed by atoms with van der Waals surface area (Å²) in [7, 11) is -2.90. The normalized spacial score (nSPS) is 16.1. The zero-order valence-electron chi connectivity index (χ0n) is 28.8. The van der Waals surface area contributed by atoms with Crippen molar-refractivity contribution in [1.82, 2.24) is 30.3 Å². The predicted molar refractivity (Wildman–Crippen MR) is 204 cm³/mol. The van der Waals surface area contributed by atoms with Crippen LogP contribution in [0, 0.1) is 0 Å². The number of guanidine groups is 1. The number of pyridine rings is 1. The van der Waals surface area contributed by atoms with Crippen LogP contribution in [0.2, 0.25) is 0 Å². The van der Waals surface area contributed by atoms with Crippen LogP contribution in [0.4, 0.5) is 5.13 Å². The van der Waals surface area contributed by atoms with E-state index in [-0.39, 0.29) is 48.5 Å². The van der Waals surface area contributed by atoms with E-state index >= 15 is 0 Å². The van der Waals surface area contributed by atoms with E-state index in [1.165, 1.54) is 11.3 Å². The van der Waals surface area contributed by atoms with Crippen molar-refractivity contribution in [2.75, 3.05) is 24.0 Å². The summed E-state index contributed by atoms with van der Waals surface area (Å²) in [5, 5.41) is 32.8. The van der Waals surface area contributed by atoms with Gasteiger partial charge in [-0.15, -0.1) is 23.1 Å². The average Bonchev–Trinajstić information content (AvgIpc) is 3.78. The quantitative estimate of drug-likeness (QED) is 0.0194. The Balaban J connectivity index is 1.60. The molecule has 4 heterocycles. The van der Waals surface area contributed by atoms with Gasteiger partial charge in [-0.2, -0.15) is 9.36 Å². The number of hydrogen-bond donors (Lipinski definition) is 10. The van der Waals surface area contributed by atoms with Crippen molar-refractivity contribution >= 4 is 94.7 Å². The zero-order valence-corrected chi connectivity index (χ0v) is 33.0. The van der Waals surface area contributed by atoms with Gasteiger partial charge in [-0.25, -0.2) is 18.9 Å². The van der Waals surface area contributed by atoms with Crippen LogP contribution in [0.3, 0.4) is 0 Å². The minimum absolute atomic E-state index is 0.0000147. The molecular formula is C28H36N12O10PS4+. The molecule has 3 aromatic rings. The van der Waals surface area contributed by atoms with Crippen molar-refractivity contribution in [3.63, 3.8) is 0 Å². The van der Waals surface area contributed by atoms with Crippen molar-refractivity contribution in [2.24, 2.45) is 28.7 Å². The van der Waals surface area contributed by atoms with Crippen molar-refractivity contribution in [1.29, 1.82) is 0 Å². The molecule has 4 rings (SSSR count). The minimum atomic E-state index is -4.78. The number of thioether (sulfide) groups is 2. The fourth-order valence-electron chi connectivity index (χ4n) is 4.33. The van der Waals surface area contributed by atoms with Gasteiger partial charge in [0, 0.05) is 51.8 Å². The Morgan fingerprint density at radius 3 is 2.60 bits per heavy atom. The summed E-state index contributed by atoms with van der Waals surface area (Å²) in [4.78, 5) is 87.5. The molecule has 27 heteroatoms. The molecule has 3 unspecified atom stereocenters. The van der Waals surface area contributed by atoms with E-state index in [4.69, 9.17) is 21.4 Å². The first-order valence-corrected chi connectivity index (χ1v) is 20.9. The number of rotatable bonds is 18. The summed E-state index contributed by atoms with van der Waals surface area (Å²) in [6.07, 6.45) is 4.05. The van der Waals surface area contributed by atoms with Crippen LogP contribution in [0.5, 0.6) is 0 Å². The highest BCUT2D eigenvalue weighted by Crippen LogP contribution is 2.39. The van der Waals surface area contributed by atoms with Crippen LogP contribution < -0.4 is 37.1 Å². The molecule has 0 fully saturated rings. The molecule has 3 aromatic heterocycles. The van der Waals surface area contributed by atoms with Crippen molar-refractivity contribution < 1.29 is 53.1 Å². The summed E-state index contributed by atoms with van der Waals surface area (Å²) in [5.41, 5.74) is 12.2. The van der Waals surface area contributed by atoms with E-state index in [1.54, 1.807) is 6.92 Å². The van der Waals surface area contributed by atoms with Crippen molar-refractivity contribution in [3.8, 4) is 11.3 Å². The highest BCUT2D eigenvalue weighted by Gasteiger charge is 2.38. The second kappa shape index (κ2) is 19.8. The third-order valence-corrected chi connectivity index (χ3v) is 11.6. The van der Waals surface area contributed by atoms with Gasteiger partial charge < -0.3 is 46.9 Å². The second-order valence-corrected chi connectivity index (χ2v) is 16.5. The largest absolute Gasteiger partial charge is 0.480 e. The monoisotopic (exact) mass is 859 g/mol. The number of amides is 2. The van der Waals surface area contributed by atoms with Gasteiger partial charge in [0.05, 0.1) is 5.69 Å². The van der Waals surface area contributed by atoms with Crippen molar-refractivity contribution in [2.45, 2.75) is 41.6 Å². The average molecular weight is 860 g/mol. The van der Waals surface area contributed by atoms with Gasteiger partial charge in [0.25, 0.3) is 11.8 Å². The Labute approximate surface area is 328 Å².